The highest BCUT2D eigenvalue weighted by Gasteiger charge is 2.15. The predicted molar refractivity (Wildman–Crippen MR) is 68.3 cm³/mol. The Balaban J connectivity index is 2.16. The summed E-state index contributed by atoms with van der Waals surface area (Å²) in [6, 6.07) is 8.63. The zero-order chi connectivity index (χ0) is 12.3. The van der Waals surface area contributed by atoms with Gasteiger partial charge in [0, 0.05) is 11.6 Å². The number of hydrogen-bond acceptors (Lipinski definition) is 2. The molecule has 0 amide bonds. The zero-order valence-corrected chi connectivity index (χ0v) is 11.0. The van der Waals surface area contributed by atoms with Crippen molar-refractivity contribution in [3.05, 3.63) is 58.2 Å². The van der Waals surface area contributed by atoms with Gasteiger partial charge < -0.3 is 9.73 Å². The zero-order valence-electron chi connectivity index (χ0n) is 9.41. The van der Waals surface area contributed by atoms with Crippen LogP contribution in [0.1, 0.15) is 17.2 Å². The van der Waals surface area contributed by atoms with Crippen molar-refractivity contribution >= 4 is 15.9 Å². The number of halogens is 2. The Morgan fingerprint density at radius 3 is 2.53 bits per heavy atom. The molecular formula is C13H13BrFNO. The lowest BCUT2D eigenvalue weighted by atomic mass is 10.0. The minimum atomic E-state index is -0.209. The Labute approximate surface area is 108 Å². The molecule has 1 unspecified atom stereocenters. The first-order valence-corrected chi connectivity index (χ1v) is 6.14. The quantitative estimate of drug-likeness (QED) is 0.931. The summed E-state index contributed by atoms with van der Waals surface area (Å²) in [7, 11) is 1.90. The molecule has 0 spiro atoms. The molecular weight excluding hydrogens is 285 g/mol. The van der Waals surface area contributed by atoms with Crippen molar-refractivity contribution in [1.82, 2.24) is 5.32 Å². The van der Waals surface area contributed by atoms with E-state index in [1.165, 1.54) is 12.1 Å². The Bertz CT molecular complexity index is 480. The van der Waals surface area contributed by atoms with E-state index in [1.807, 2.05) is 13.1 Å². The van der Waals surface area contributed by atoms with Gasteiger partial charge in [-0.05, 0) is 53.2 Å². The largest absolute Gasteiger partial charge is 0.457 e. The number of hydrogen-bond donors (Lipinski definition) is 1. The summed E-state index contributed by atoms with van der Waals surface area (Å²) in [5.74, 6) is -0.209. The van der Waals surface area contributed by atoms with Gasteiger partial charge in [0.25, 0.3) is 0 Å². The topological polar surface area (TPSA) is 25.2 Å². The third kappa shape index (κ3) is 2.96. The lowest BCUT2D eigenvalue weighted by Crippen LogP contribution is -2.18. The van der Waals surface area contributed by atoms with Gasteiger partial charge in [-0.2, -0.15) is 0 Å². The molecule has 1 N–H and O–H groups in total. The molecule has 0 saturated heterocycles. The molecule has 0 aliphatic heterocycles. The van der Waals surface area contributed by atoms with Gasteiger partial charge >= 0.3 is 0 Å². The lowest BCUT2D eigenvalue weighted by molar-refractivity contribution is 0.518. The monoisotopic (exact) mass is 297 g/mol. The van der Waals surface area contributed by atoms with Gasteiger partial charge in [-0.3, -0.25) is 0 Å². The van der Waals surface area contributed by atoms with E-state index >= 15 is 0 Å². The minimum absolute atomic E-state index is 0.147. The fourth-order valence-corrected chi connectivity index (χ4v) is 2.29. The summed E-state index contributed by atoms with van der Waals surface area (Å²) < 4.78 is 18.8. The van der Waals surface area contributed by atoms with Crippen LogP contribution in [0.25, 0.3) is 0 Å². The Morgan fingerprint density at radius 2 is 2.00 bits per heavy atom. The normalized spacial score (nSPS) is 12.6. The van der Waals surface area contributed by atoms with E-state index in [9.17, 15) is 4.39 Å². The fourth-order valence-electron chi connectivity index (χ4n) is 1.78. The summed E-state index contributed by atoms with van der Waals surface area (Å²) >= 11 is 3.37. The maximum absolute atomic E-state index is 12.8. The molecule has 1 aromatic heterocycles. The van der Waals surface area contributed by atoms with E-state index in [4.69, 9.17) is 4.42 Å². The van der Waals surface area contributed by atoms with Crippen molar-refractivity contribution in [2.45, 2.75) is 12.5 Å². The molecule has 1 aromatic carbocycles. The summed E-state index contributed by atoms with van der Waals surface area (Å²) in [5, 5.41) is 3.22. The van der Waals surface area contributed by atoms with Gasteiger partial charge in [-0.25, -0.2) is 4.39 Å². The van der Waals surface area contributed by atoms with E-state index in [-0.39, 0.29) is 11.9 Å². The molecule has 1 atom stereocenters. The summed E-state index contributed by atoms with van der Waals surface area (Å²) in [4.78, 5) is 0. The van der Waals surface area contributed by atoms with Crippen LogP contribution in [-0.4, -0.2) is 7.05 Å². The highest BCUT2D eigenvalue weighted by atomic mass is 79.9. The second-order valence-electron chi connectivity index (χ2n) is 3.82. The smallest absolute Gasteiger partial charge is 0.173 e. The molecule has 0 bridgehead atoms. The molecule has 2 nitrogen and oxygen atoms in total. The Morgan fingerprint density at radius 1 is 1.29 bits per heavy atom. The van der Waals surface area contributed by atoms with E-state index in [0.717, 1.165) is 22.2 Å². The van der Waals surface area contributed by atoms with Crippen molar-refractivity contribution in [3.63, 3.8) is 0 Å². The third-order valence-electron chi connectivity index (χ3n) is 2.72. The molecule has 2 aromatic rings. The van der Waals surface area contributed by atoms with Crippen LogP contribution in [0.3, 0.4) is 0 Å². The molecule has 0 aliphatic carbocycles. The van der Waals surface area contributed by atoms with Crippen molar-refractivity contribution in [3.8, 4) is 0 Å². The molecule has 4 heteroatoms. The first kappa shape index (κ1) is 12.3. The second kappa shape index (κ2) is 5.47. The summed E-state index contributed by atoms with van der Waals surface area (Å²) in [6.45, 7) is 0. The fraction of sp³-hybridized carbons (Fsp3) is 0.231. The van der Waals surface area contributed by atoms with Crippen molar-refractivity contribution in [2.24, 2.45) is 0 Å². The number of likely N-dealkylation sites (N-methyl/N-ethyl adjacent to an activating group) is 1. The van der Waals surface area contributed by atoms with Crippen LogP contribution in [0.4, 0.5) is 4.39 Å². The van der Waals surface area contributed by atoms with Crippen LogP contribution in [0.2, 0.25) is 0 Å². The maximum atomic E-state index is 12.8. The Kier molecular flexibility index (Phi) is 3.97. The van der Waals surface area contributed by atoms with Gasteiger partial charge in [0.05, 0.1) is 6.26 Å². The molecule has 2 rings (SSSR count). The van der Waals surface area contributed by atoms with Crippen molar-refractivity contribution in [2.75, 3.05) is 7.05 Å². The van der Waals surface area contributed by atoms with Crippen LogP contribution >= 0.6 is 15.9 Å². The number of rotatable bonds is 4. The lowest BCUT2D eigenvalue weighted by Gasteiger charge is -2.15. The Hall–Kier alpha value is -1.13. The van der Waals surface area contributed by atoms with Crippen LogP contribution in [-0.2, 0) is 6.42 Å². The molecule has 17 heavy (non-hydrogen) atoms. The third-order valence-corrected chi connectivity index (χ3v) is 3.37. The van der Waals surface area contributed by atoms with Crippen LogP contribution in [0.15, 0.2) is 45.7 Å². The van der Waals surface area contributed by atoms with Crippen LogP contribution in [0.5, 0.6) is 0 Å². The molecule has 90 valence electrons. The highest BCUT2D eigenvalue weighted by molar-refractivity contribution is 9.10. The molecule has 1 heterocycles. The highest BCUT2D eigenvalue weighted by Crippen LogP contribution is 2.26. The van der Waals surface area contributed by atoms with Gasteiger partial charge in [0.1, 0.15) is 5.82 Å². The molecule has 0 saturated carbocycles. The maximum Gasteiger partial charge on any atom is 0.173 e. The number of furan rings is 1. The van der Waals surface area contributed by atoms with Crippen molar-refractivity contribution in [1.29, 1.82) is 0 Å². The molecule has 0 radical (unpaired) electrons. The minimum Gasteiger partial charge on any atom is -0.457 e. The van der Waals surface area contributed by atoms with E-state index in [2.05, 4.69) is 21.2 Å². The van der Waals surface area contributed by atoms with Crippen LogP contribution < -0.4 is 5.32 Å². The van der Waals surface area contributed by atoms with Gasteiger partial charge in [0.15, 0.2) is 4.67 Å². The average Bonchev–Trinajstić information content (AvgIpc) is 2.75. The van der Waals surface area contributed by atoms with Gasteiger partial charge in [0.2, 0.25) is 0 Å². The number of nitrogens with one attached hydrogen (secondary N) is 1. The second-order valence-corrected chi connectivity index (χ2v) is 4.54. The first-order chi connectivity index (χ1) is 8.20. The van der Waals surface area contributed by atoms with Crippen molar-refractivity contribution < 1.29 is 8.81 Å². The number of benzene rings is 1. The summed E-state index contributed by atoms with van der Waals surface area (Å²) in [5.41, 5.74) is 2.15. The molecule has 0 fully saturated rings. The first-order valence-electron chi connectivity index (χ1n) is 5.35. The standard InChI is InChI=1S/C13H13BrFNO/c1-16-12(11-6-7-17-13(11)14)8-9-2-4-10(15)5-3-9/h2-7,12,16H,8H2,1H3. The van der Waals surface area contributed by atoms with Crippen LogP contribution in [0, 0.1) is 5.82 Å². The predicted octanol–water partition coefficient (Wildman–Crippen LogP) is 3.68. The van der Waals surface area contributed by atoms with E-state index in [0.29, 0.717) is 0 Å². The van der Waals surface area contributed by atoms with E-state index < -0.39 is 0 Å². The SMILES string of the molecule is CNC(Cc1ccc(F)cc1)c1ccoc1Br. The summed E-state index contributed by atoms with van der Waals surface area (Å²) in [6.07, 6.45) is 2.43. The van der Waals surface area contributed by atoms with E-state index in [1.54, 1.807) is 18.4 Å². The van der Waals surface area contributed by atoms with Gasteiger partial charge in [-0.15, -0.1) is 0 Å². The van der Waals surface area contributed by atoms with Gasteiger partial charge in [-0.1, -0.05) is 12.1 Å². The molecule has 0 aliphatic rings. The average molecular weight is 298 g/mol.